The molecule has 0 saturated heterocycles. The van der Waals surface area contributed by atoms with Gasteiger partial charge in [-0.05, 0) is 48.7 Å². The molecule has 0 saturated carbocycles. The van der Waals surface area contributed by atoms with Crippen molar-refractivity contribution in [1.82, 2.24) is 9.78 Å². The lowest BCUT2D eigenvalue weighted by Gasteiger charge is -2.03. The lowest BCUT2D eigenvalue weighted by atomic mass is 10.2. The van der Waals surface area contributed by atoms with Crippen molar-refractivity contribution in [2.24, 2.45) is 0 Å². The SMILES string of the molecule is Cc1ccc(S(=O)(=O)/C(C#N)=C\c2cn(-c3ccccc3)nc2-c2cccs2)cc1. The maximum absolute atomic E-state index is 13.0. The quantitative estimate of drug-likeness (QED) is 0.405. The van der Waals surface area contributed by atoms with E-state index in [2.05, 4.69) is 5.10 Å². The number of thiophene rings is 1. The zero-order chi connectivity index (χ0) is 21.1. The summed E-state index contributed by atoms with van der Waals surface area (Å²) in [5.74, 6) is 0. The Hall–Kier alpha value is -3.47. The van der Waals surface area contributed by atoms with Gasteiger partial charge in [-0.25, -0.2) is 13.1 Å². The van der Waals surface area contributed by atoms with Crippen LogP contribution in [-0.2, 0) is 9.84 Å². The summed E-state index contributed by atoms with van der Waals surface area (Å²) in [5.41, 5.74) is 2.98. The maximum atomic E-state index is 13.0. The first kappa shape index (κ1) is 19.8. The number of para-hydroxylation sites is 1. The molecule has 0 fully saturated rings. The van der Waals surface area contributed by atoms with Crippen LogP contribution in [0.5, 0.6) is 0 Å². The van der Waals surface area contributed by atoms with E-state index in [0.717, 1.165) is 16.1 Å². The van der Waals surface area contributed by atoms with Crippen molar-refractivity contribution in [2.45, 2.75) is 11.8 Å². The Balaban J connectivity index is 1.86. The Morgan fingerprint density at radius 2 is 1.80 bits per heavy atom. The number of benzene rings is 2. The van der Waals surface area contributed by atoms with Crippen LogP contribution in [0.3, 0.4) is 0 Å². The third kappa shape index (κ3) is 3.83. The average Bonchev–Trinajstić information content (AvgIpc) is 3.42. The van der Waals surface area contributed by atoms with Crippen molar-refractivity contribution < 1.29 is 8.42 Å². The van der Waals surface area contributed by atoms with Gasteiger partial charge in [0.25, 0.3) is 0 Å². The molecule has 0 amide bonds. The van der Waals surface area contributed by atoms with Gasteiger partial charge in [0.1, 0.15) is 16.7 Å². The highest BCUT2D eigenvalue weighted by Crippen LogP contribution is 2.31. The number of allylic oxidation sites excluding steroid dienone is 1. The molecule has 7 heteroatoms. The van der Waals surface area contributed by atoms with E-state index in [1.807, 2.05) is 60.8 Å². The molecule has 2 aromatic carbocycles. The Morgan fingerprint density at radius 3 is 2.43 bits per heavy atom. The summed E-state index contributed by atoms with van der Waals surface area (Å²) in [4.78, 5) is 0.659. The van der Waals surface area contributed by atoms with Gasteiger partial charge in [0, 0.05) is 11.8 Å². The third-order valence-corrected chi connectivity index (χ3v) is 7.09. The number of sulfone groups is 1. The molecular formula is C23H17N3O2S2. The minimum atomic E-state index is -3.94. The Morgan fingerprint density at radius 1 is 1.07 bits per heavy atom. The van der Waals surface area contributed by atoms with E-state index in [1.165, 1.54) is 29.5 Å². The predicted octanol–water partition coefficient (Wildman–Crippen LogP) is 5.25. The summed E-state index contributed by atoms with van der Waals surface area (Å²) < 4.78 is 27.8. The molecule has 0 aliphatic heterocycles. The smallest absolute Gasteiger partial charge is 0.216 e. The number of hydrogen-bond donors (Lipinski definition) is 0. The standard InChI is InChI=1S/C23H17N3O2S2/c1-17-9-11-20(12-10-17)30(27,28)21(15-24)14-18-16-26(19-6-3-2-4-7-19)25-23(18)22-8-5-13-29-22/h2-14,16H,1H3/b21-14-. The lowest BCUT2D eigenvalue weighted by molar-refractivity contribution is 0.603. The minimum absolute atomic E-state index is 0.0917. The molecular weight excluding hydrogens is 414 g/mol. The fourth-order valence-corrected chi connectivity index (χ4v) is 4.85. The minimum Gasteiger partial charge on any atom is -0.240 e. The molecule has 0 bridgehead atoms. The second-order valence-electron chi connectivity index (χ2n) is 6.63. The van der Waals surface area contributed by atoms with Crippen LogP contribution in [0.2, 0.25) is 0 Å². The van der Waals surface area contributed by atoms with Crippen molar-refractivity contribution in [3.05, 3.63) is 94.3 Å². The molecule has 0 N–H and O–H groups in total. The molecule has 4 aromatic rings. The van der Waals surface area contributed by atoms with E-state index in [4.69, 9.17) is 0 Å². The van der Waals surface area contributed by atoms with E-state index < -0.39 is 9.84 Å². The van der Waals surface area contributed by atoms with Gasteiger partial charge in [-0.1, -0.05) is 42.0 Å². The molecule has 0 atom stereocenters. The molecule has 0 spiro atoms. The van der Waals surface area contributed by atoms with Crippen LogP contribution in [-0.4, -0.2) is 18.2 Å². The van der Waals surface area contributed by atoms with Gasteiger partial charge in [0.2, 0.25) is 9.84 Å². The van der Waals surface area contributed by atoms with E-state index in [0.29, 0.717) is 11.3 Å². The van der Waals surface area contributed by atoms with Crippen LogP contribution in [0, 0.1) is 18.3 Å². The number of aromatic nitrogens is 2. The summed E-state index contributed by atoms with van der Waals surface area (Å²) in [5, 5.41) is 16.2. The third-order valence-electron chi connectivity index (χ3n) is 4.54. The van der Waals surface area contributed by atoms with Crippen molar-refractivity contribution in [3.8, 4) is 22.3 Å². The molecule has 5 nitrogen and oxygen atoms in total. The molecule has 30 heavy (non-hydrogen) atoms. The highest BCUT2D eigenvalue weighted by molar-refractivity contribution is 7.95. The molecule has 0 aliphatic carbocycles. The van der Waals surface area contributed by atoms with Crippen molar-refractivity contribution >= 4 is 27.3 Å². The number of nitriles is 1. The highest BCUT2D eigenvalue weighted by atomic mass is 32.2. The number of rotatable bonds is 5. The Kier molecular flexibility index (Phi) is 5.36. The summed E-state index contributed by atoms with van der Waals surface area (Å²) >= 11 is 1.50. The van der Waals surface area contributed by atoms with Gasteiger partial charge < -0.3 is 0 Å². The van der Waals surface area contributed by atoms with Gasteiger partial charge in [-0.2, -0.15) is 10.4 Å². The molecule has 0 radical (unpaired) electrons. The molecule has 0 aliphatic rings. The molecule has 148 valence electrons. The summed E-state index contributed by atoms with van der Waals surface area (Å²) in [6, 6.07) is 21.7. The topological polar surface area (TPSA) is 75.8 Å². The second kappa shape index (κ2) is 8.11. The monoisotopic (exact) mass is 431 g/mol. The Bertz CT molecular complexity index is 1340. The summed E-state index contributed by atoms with van der Waals surface area (Å²) in [7, 11) is -3.94. The molecule has 0 unspecified atom stereocenters. The lowest BCUT2D eigenvalue weighted by Crippen LogP contribution is -2.03. The van der Waals surface area contributed by atoms with Crippen LogP contribution in [0.4, 0.5) is 0 Å². The van der Waals surface area contributed by atoms with Crippen LogP contribution in [0.25, 0.3) is 22.3 Å². The maximum Gasteiger partial charge on any atom is 0.216 e. The first-order chi connectivity index (χ1) is 14.5. The van der Waals surface area contributed by atoms with Gasteiger partial charge >= 0.3 is 0 Å². The van der Waals surface area contributed by atoms with E-state index in [1.54, 1.807) is 23.0 Å². The first-order valence-corrected chi connectivity index (χ1v) is 11.5. The largest absolute Gasteiger partial charge is 0.240 e. The molecule has 2 aromatic heterocycles. The molecule has 2 heterocycles. The number of hydrogen-bond acceptors (Lipinski definition) is 5. The van der Waals surface area contributed by atoms with Gasteiger partial charge in [0.05, 0.1) is 15.5 Å². The van der Waals surface area contributed by atoms with Crippen LogP contribution in [0.15, 0.2) is 88.1 Å². The Labute approximate surface area is 179 Å². The number of nitrogens with zero attached hydrogens (tertiary/aromatic N) is 3. The van der Waals surface area contributed by atoms with E-state index in [9.17, 15) is 13.7 Å². The zero-order valence-corrected chi connectivity index (χ0v) is 17.7. The number of aryl methyl sites for hydroxylation is 1. The van der Waals surface area contributed by atoms with Crippen LogP contribution < -0.4 is 0 Å². The highest BCUT2D eigenvalue weighted by Gasteiger charge is 2.22. The van der Waals surface area contributed by atoms with Gasteiger partial charge in [-0.15, -0.1) is 11.3 Å². The van der Waals surface area contributed by atoms with Crippen molar-refractivity contribution in [1.29, 1.82) is 5.26 Å². The van der Waals surface area contributed by atoms with Crippen LogP contribution >= 0.6 is 11.3 Å². The fourth-order valence-electron chi connectivity index (χ4n) is 2.97. The second-order valence-corrected chi connectivity index (χ2v) is 9.49. The fraction of sp³-hybridized carbons (Fsp3) is 0.0435. The molecule has 4 rings (SSSR count). The van der Waals surface area contributed by atoms with E-state index in [-0.39, 0.29) is 9.80 Å². The average molecular weight is 432 g/mol. The predicted molar refractivity (Wildman–Crippen MR) is 119 cm³/mol. The normalized spacial score (nSPS) is 11.9. The summed E-state index contributed by atoms with van der Waals surface area (Å²) in [6.45, 7) is 1.88. The van der Waals surface area contributed by atoms with Crippen molar-refractivity contribution in [2.75, 3.05) is 0 Å². The first-order valence-electron chi connectivity index (χ1n) is 9.11. The van der Waals surface area contributed by atoms with E-state index >= 15 is 0 Å². The zero-order valence-electron chi connectivity index (χ0n) is 16.1. The van der Waals surface area contributed by atoms with Crippen molar-refractivity contribution in [3.63, 3.8) is 0 Å². The van der Waals surface area contributed by atoms with Gasteiger partial charge in [0.15, 0.2) is 0 Å². The van der Waals surface area contributed by atoms with Gasteiger partial charge in [-0.3, -0.25) is 0 Å². The summed E-state index contributed by atoms with van der Waals surface area (Å²) in [6.07, 6.45) is 3.14. The van der Waals surface area contributed by atoms with Crippen LogP contribution in [0.1, 0.15) is 11.1 Å².